The van der Waals surface area contributed by atoms with Crippen LogP contribution in [0.25, 0.3) is 0 Å². The lowest BCUT2D eigenvalue weighted by Crippen LogP contribution is -2.33. The Bertz CT molecular complexity index is 459. The molecule has 2 N–H and O–H groups in total. The average molecular weight is 329 g/mol. The van der Waals surface area contributed by atoms with E-state index in [0.717, 1.165) is 15.6 Å². The van der Waals surface area contributed by atoms with Crippen molar-refractivity contribution in [3.8, 4) is 0 Å². The van der Waals surface area contributed by atoms with E-state index in [4.69, 9.17) is 17.3 Å². The Balaban J connectivity index is 2.65. The SMILES string of the molecule is C=CCN(Cc1ccc(Cl)s1)C(=O)C[C@@H](CN)CC(C)C. The highest BCUT2D eigenvalue weighted by Crippen LogP contribution is 2.23. The third-order valence-electron chi connectivity index (χ3n) is 3.28. The monoisotopic (exact) mass is 328 g/mol. The molecule has 0 fully saturated rings. The predicted molar refractivity (Wildman–Crippen MR) is 91.6 cm³/mol. The first kappa shape index (κ1) is 18.2. The number of amides is 1. The summed E-state index contributed by atoms with van der Waals surface area (Å²) in [5.41, 5.74) is 5.79. The second kappa shape index (κ2) is 9.23. The van der Waals surface area contributed by atoms with Crippen LogP contribution in [0.1, 0.15) is 31.6 Å². The Morgan fingerprint density at radius 2 is 2.24 bits per heavy atom. The van der Waals surface area contributed by atoms with Gasteiger partial charge in [-0.05, 0) is 36.9 Å². The number of carbonyl (C=O) groups excluding carboxylic acids is 1. The zero-order valence-corrected chi connectivity index (χ0v) is 14.4. The van der Waals surface area contributed by atoms with E-state index in [1.807, 2.05) is 17.0 Å². The van der Waals surface area contributed by atoms with Crippen molar-refractivity contribution in [2.24, 2.45) is 17.6 Å². The Morgan fingerprint density at radius 1 is 1.52 bits per heavy atom. The summed E-state index contributed by atoms with van der Waals surface area (Å²) in [7, 11) is 0. The minimum absolute atomic E-state index is 0.135. The molecule has 1 atom stereocenters. The van der Waals surface area contributed by atoms with Gasteiger partial charge in [-0.2, -0.15) is 0 Å². The fourth-order valence-corrected chi connectivity index (χ4v) is 3.44. The highest BCUT2D eigenvalue weighted by Gasteiger charge is 2.19. The Kier molecular flexibility index (Phi) is 8.01. The summed E-state index contributed by atoms with van der Waals surface area (Å²) in [6.07, 6.45) is 3.24. The maximum atomic E-state index is 12.5. The number of carbonyl (C=O) groups is 1. The lowest BCUT2D eigenvalue weighted by molar-refractivity contribution is -0.132. The van der Waals surface area contributed by atoms with Crippen molar-refractivity contribution >= 4 is 28.8 Å². The van der Waals surface area contributed by atoms with E-state index in [1.165, 1.54) is 11.3 Å². The van der Waals surface area contributed by atoms with Gasteiger partial charge in [0.2, 0.25) is 5.91 Å². The minimum Gasteiger partial charge on any atom is -0.334 e. The second-order valence-corrected chi connectivity index (χ2v) is 7.50. The van der Waals surface area contributed by atoms with Gasteiger partial charge in [0.25, 0.3) is 0 Å². The van der Waals surface area contributed by atoms with Crippen molar-refractivity contribution < 1.29 is 4.79 Å². The molecule has 21 heavy (non-hydrogen) atoms. The quantitative estimate of drug-likeness (QED) is 0.698. The van der Waals surface area contributed by atoms with Crippen LogP contribution in [0.3, 0.4) is 0 Å². The first-order chi connectivity index (χ1) is 9.96. The van der Waals surface area contributed by atoms with Gasteiger partial charge in [-0.3, -0.25) is 4.79 Å². The summed E-state index contributed by atoms with van der Waals surface area (Å²) < 4.78 is 0.746. The molecule has 1 amide bonds. The lowest BCUT2D eigenvalue weighted by atomic mass is 9.94. The molecule has 0 aliphatic rings. The smallest absolute Gasteiger partial charge is 0.223 e. The summed E-state index contributed by atoms with van der Waals surface area (Å²) >= 11 is 7.45. The van der Waals surface area contributed by atoms with Crippen molar-refractivity contribution in [2.75, 3.05) is 13.1 Å². The standard InChI is InChI=1S/C16H25ClN2OS/c1-4-7-19(11-14-5-6-15(17)21-14)16(20)9-13(10-18)8-12(2)3/h4-6,12-13H,1,7-11,18H2,2-3H3/t13-/m0/s1. The van der Waals surface area contributed by atoms with Crippen LogP contribution in [0.4, 0.5) is 0 Å². The fourth-order valence-electron chi connectivity index (χ4n) is 2.34. The maximum Gasteiger partial charge on any atom is 0.223 e. The van der Waals surface area contributed by atoms with Crippen LogP contribution in [0.15, 0.2) is 24.8 Å². The van der Waals surface area contributed by atoms with E-state index in [2.05, 4.69) is 20.4 Å². The maximum absolute atomic E-state index is 12.5. The topological polar surface area (TPSA) is 46.3 Å². The predicted octanol–water partition coefficient (Wildman–Crippen LogP) is 3.93. The van der Waals surface area contributed by atoms with Gasteiger partial charge in [0, 0.05) is 17.8 Å². The Morgan fingerprint density at radius 3 is 2.71 bits per heavy atom. The van der Waals surface area contributed by atoms with E-state index in [0.29, 0.717) is 32.0 Å². The first-order valence-electron chi connectivity index (χ1n) is 7.29. The van der Waals surface area contributed by atoms with Crippen molar-refractivity contribution in [1.29, 1.82) is 0 Å². The van der Waals surface area contributed by atoms with Crippen molar-refractivity contribution in [1.82, 2.24) is 4.90 Å². The highest BCUT2D eigenvalue weighted by molar-refractivity contribution is 7.16. The molecule has 0 spiro atoms. The van der Waals surface area contributed by atoms with Gasteiger partial charge in [-0.15, -0.1) is 17.9 Å². The zero-order valence-electron chi connectivity index (χ0n) is 12.8. The highest BCUT2D eigenvalue weighted by atomic mass is 35.5. The summed E-state index contributed by atoms with van der Waals surface area (Å²) in [6.45, 7) is 9.73. The molecule has 0 saturated carbocycles. The van der Waals surface area contributed by atoms with Gasteiger partial charge in [0.05, 0.1) is 10.9 Å². The minimum atomic E-state index is 0.135. The van der Waals surface area contributed by atoms with Gasteiger partial charge < -0.3 is 10.6 Å². The van der Waals surface area contributed by atoms with Crippen LogP contribution >= 0.6 is 22.9 Å². The molecule has 1 aromatic rings. The largest absolute Gasteiger partial charge is 0.334 e. The van der Waals surface area contributed by atoms with Crippen LogP contribution in [-0.4, -0.2) is 23.9 Å². The molecule has 1 heterocycles. The number of rotatable bonds is 9. The second-order valence-electron chi connectivity index (χ2n) is 5.70. The first-order valence-corrected chi connectivity index (χ1v) is 8.48. The van der Waals surface area contributed by atoms with Gasteiger partial charge in [-0.25, -0.2) is 0 Å². The summed E-state index contributed by atoms with van der Waals surface area (Å²) in [4.78, 5) is 15.4. The molecule has 118 valence electrons. The molecule has 3 nitrogen and oxygen atoms in total. The molecule has 0 bridgehead atoms. The molecular formula is C16H25ClN2OS. The summed E-state index contributed by atoms with van der Waals surface area (Å²) in [5, 5.41) is 0. The van der Waals surface area contributed by atoms with Gasteiger partial charge in [0.15, 0.2) is 0 Å². The molecule has 0 radical (unpaired) electrons. The molecule has 1 rings (SSSR count). The van der Waals surface area contributed by atoms with Gasteiger partial charge in [-0.1, -0.05) is 31.5 Å². The van der Waals surface area contributed by atoms with E-state index in [9.17, 15) is 4.79 Å². The van der Waals surface area contributed by atoms with Crippen LogP contribution in [-0.2, 0) is 11.3 Å². The van der Waals surface area contributed by atoms with Gasteiger partial charge >= 0.3 is 0 Å². The number of thiophene rings is 1. The normalized spacial score (nSPS) is 12.4. The summed E-state index contributed by atoms with van der Waals surface area (Å²) in [5.74, 6) is 0.933. The molecule has 0 saturated heterocycles. The van der Waals surface area contributed by atoms with Crippen molar-refractivity contribution in [2.45, 2.75) is 33.2 Å². The molecule has 0 aliphatic carbocycles. The van der Waals surface area contributed by atoms with E-state index < -0.39 is 0 Å². The number of nitrogens with two attached hydrogens (primary N) is 1. The fraction of sp³-hybridized carbons (Fsp3) is 0.562. The van der Waals surface area contributed by atoms with Crippen LogP contribution in [0, 0.1) is 11.8 Å². The summed E-state index contributed by atoms with van der Waals surface area (Å²) in [6, 6.07) is 3.82. The van der Waals surface area contributed by atoms with Crippen LogP contribution < -0.4 is 5.73 Å². The Hall–Kier alpha value is -0.840. The molecule has 0 unspecified atom stereocenters. The third-order valence-corrected chi connectivity index (χ3v) is 4.50. The molecule has 0 aliphatic heterocycles. The van der Waals surface area contributed by atoms with E-state index in [-0.39, 0.29) is 11.8 Å². The van der Waals surface area contributed by atoms with Crippen molar-refractivity contribution in [3.05, 3.63) is 34.0 Å². The number of hydrogen-bond donors (Lipinski definition) is 1. The Labute approximate surface area is 136 Å². The molecule has 0 aromatic carbocycles. The molecule has 5 heteroatoms. The average Bonchev–Trinajstić information content (AvgIpc) is 2.82. The van der Waals surface area contributed by atoms with Crippen LogP contribution in [0.5, 0.6) is 0 Å². The zero-order chi connectivity index (χ0) is 15.8. The third kappa shape index (κ3) is 6.64. The molecule has 1 aromatic heterocycles. The van der Waals surface area contributed by atoms with E-state index in [1.54, 1.807) is 6.08 Å². The van der Waals surface area contributed by atoms with Crippen LogP contribution in [0.2, 0.25) is 4.34 Å². The van der Waals surface area contributed by atoms with Gasteiger partial charge in [0.1, 0.15) is 0 Å². The molecular weight excluding hydrogens is 304 g/mol. The van der Waals surface area contributed by atoms with Crippen molar-refractivity contribution in [3.63, 3.8) is 0 Å². The van der Waals surface area contributed by atoms with E-state index >= 15 is 0 Å². The number of hydrogen-bond acceptors (Lipinski definition) is 3. The lowest BCUT2D eigenvalue weighted by Gasteiger charge is -2.24. The number of halogens is 1. The number of nitrogens with zero attached hydrogens (tertiary/aromatic N) is 1.